The highest BCUT2D eigenvalue weighted by Gasteiger charge is 2.36. The maximum Gasteiger partial charge on any atom is 0.294 e. The molecule has 1 fully saturated rings. The molecule has 0 saturated carbocycles. The van der Waals surface area contributed by atoms with Gasteiger partial charge in [-0.25, -0.2) is 0 Å². The molecule has 1 aromatic carbocycles. The summed E-state index contributed by atoms with van der Waals surface area (Å²) in [5, 5.41) is 2.76. The molecule has 2 aromatic rings. The van der Waals surface area contributed by atoms with Gasteiger partial charge in [-0.3, -0.25) is 24.3 Å². The third-order valence-electron chi connectivity index (χ3n) is 3.40. The molecule has 0 aliphatic carbocycles. The minimum Gasteiger partial charge on any atom is -0.323 e. The lowest BCUT2D eigenvalue weighted by Gasteiger charge is -2.12. The van der Waals surface area contributed by atoms with Crippen molar-refractivity contribution in [2.45, 2.75) is 0 Å². The third-order valence-corrected chi connectivity index (χ3v) is 4.96. The van der Waals surface area contributed by atoms with Gasteiger partial charge in [0.2, 0.25) is 5.91 Å². The lowest BCUT2D eigenvalue weighted by molar-refractivity contribution is -0.127. The molecule has 0 unspecified atom stereocenters. The van der Waals surface area contributed by atoms with Crippen LogP contribution in [0.25, 0.3) is 6.08 Å². The Balaban J connectivity index is 1.75. The molecule has 0 radical (unpaired) electrons. The standard InChI is InChI=1S/C17H11Cl2N3O3S/c18-12-4-1-5-13(19)11(12)7-14-16(24)22(17(25)26-14)9-15(23)21-10-3-2-6-20-8-10/h1-8H,9H2,(H,21,23)/b14-7+. The van der Waals surface area contributed by atoms with Crippen molar-refractivity contribution in [2.24, 2.45) is 0 Å². The molecule has 3 amide bonds. The minimum atomic E-state index is -0.572. The Morgan fingerprint density at radius 1 is 1.19 bits per heavy atom. The molecule has 6 nitrogen and oxygen atoms in total. The molecule has 2 heterocycles. The summed E-state index contributed by atoms with van der Waals surface area (Å²) in [5.74, 6) is -1.07. The zero-order valence-corrected chi connectivity index (χ0v) is 15.4. The second kappa shape index (κ2) is 7.90. The van der Waals surface area contributed by atoms with Crippen molar-refractivity contribution in [1.29, 1.82) is 0 Å². The third kappa shape index (κ3) is 4.07. The van der Waals surface area contributed by atoms with E-state index in [9.17, 15) is 14.4 Å². The Hall–Kier alpha value is -2.35. The number of carbonyl (C=O) groups excluding carboxylic acids is 3. The number of pyridine rings is 1. The number of halogens is 2. The fourth-order valence-electron chi connectivity index (χ4n) is 2.20. The maximum absolute atomic E-state index is 12.5. The van der Waals surface area contributed by atoms with Gasteiger partial charge in [-0.2, -0.15) is 0 Å². The largest absolute Gasteiger partial charge is 0.323 e. The van der Waals surface area contributed by atoms with Crippen LogP contribution in [0.3, 0.4) is 0 Å². The number of aromatic nitrogens is 1. The molecule has 9 heteroatoms. The van der Waals surface area contributed by atoms with Crippen LogP contribution in [0, 0.1) is 0 Å². The van der Waals surface area contributed by atoms with E-state index in [1.807, 2.05) is 0 Å². The maximum atomic E-state index is 12.5. The summed E-state index contributed by atoms with van der Waals surface area (Å²) in [7, 11) is 0. The van der Waals surface area contributed by atoms with Crippen LogP contribution in [-0.4, -0.2) is 33.5 Å². The number of hydrogen-bond acceptors (Lipinski definition) is 5. The number of benzene rings is 1. The average molecular weight is 408 g/mol. The van der Waals surface area contributed by atoms with Gasteiger partial charge >= 0.3 is 0 Å². The highest BCUT2D eigenvalue weighted by Crippen LogP contribution is 2.35. The van der Waals surface area contributed by atoms with Crippen molar-refractivity contribution < 1.29 is 14.4 Å². The first-order valence-corrected chi connectivity index (χ1v) is 8.92. The van der Waals surface area contributed by atoms with Crippen LogP contribution in [-0.2, 0) is 9.59 Å². The molecular weight excluding hydrogens is 397 g/mol. The van der Waals surface area contributed by atoms with Crippen molar-refractivity contribution in [3.63, 3.8) is 0 Å². The lowest BCUT2D eigenvalue weighted by atomic mass is 10.2. The van der Waals surface area contributed by atoms with Gasteiger partial charge in [0, 0.05) is 21.8 Å². The summed E-state index contributed by atoms with van der Waals surface area (Å²) in [5.41, 5.74) is 0.920. The molecule has 0 atom stereocenters. The first kappa shape index (κ1) is 18.4. The zero-order chi connectivity index (χ0) is 18.7. The molecule has 132 valence electrons. The second-order valence-electron chi connectivity index (χ2n) is 5.19. The molecule has 0 bridgehead atoms. The first-order valence-electron chi connectivity index (χ1n) is 7.35. The Kier molecular flexibility index (Phi) is 5.61. The van der Waals surface area contributed by atoms with Gasteiger partial charge in [-0.15, -0.1) is 0 Å². The number of hydrogen-bond donors (Lipinski definition) is 1. The van der Waals surface area contributed by atoms with Crippen molar-refractivity contribution >= 4 is 63.8 Å². The van der Waals surface area contributed by atoms with Gasteiger partial charge in [0.1, 0.15) is 6.54 Å². The normalized spacial score (nSPS) is 15.6. The number of imide groups is 1. The van der Waals surface area contributed by atoms with Crippen LogP contribution >= 0.6 is 35.0 Å². The van der Waals surface area contributed by atoms with E-state index < -0.39 is 23.6 Å². The first-order chi connectivity index (χ1) is 12.5. The fraction of sp³-hybridized carbons (Fsp3) is 0.0588. The van der Waals surface area contributed by atoms with E-state index in [-0.39, 0.29) is 4.91 Å². The van der Waals surface area contributed by atoms with Crippen molar-refractivity contribution in [2.75, 3.05) is 11.9 Å². The summed E-state index contributed by atoms with van der Waals surface area (Å²) in [4.78, 5) is 41.6. The molecule has 1 N–H and O–H groups in total. The highest BCUT2D eigenvalue weighted by atomic mass is 35.5. The van der Waals surface area contributed by atoms with Crippen molar-refractivity contribution in [3.8, 4) is 0 Å². The number of carbonyl (C=O) groups is 3. The quantitative estimate of drug-likeness (QED) is 0.772. The molecule has 0 spiro atoms. The highest BCUT2D eigenvalue weighted by molar-refractivity contribution is 8.18. The molecule has 1 aliphatic heterocycles. The Labute approximate surface area is 163 Å². The summed E-state index contributed by atoms with van der Waals surface area (Å²) in [6.07, 6.45) is 4.48. The monoisotopic (exact) mass is 407 g/mol. The smallest absolute Gasteiger partial charge is 0.294 e. The Morgan fingerprint density at radius 3 is 2.58 bits per heavy atom. The summed E-state index contributed by atoms with van der Waals surface area (Å²) < 4.78 is 0. The van der Waals surface area contributed by atoms with Crippen molar-refractivity contribution in [1.82, 2.24) is 9.88 Å². The van der Waals surface area contributed by atoms with E-state index >= 15 is 0 Å². The number of nitrogens with one attached hydrogen (secondary N) is 1. The predicted molar refractivity (Wildman–Crippen MR) is 102 cm³/mol. The van der Waals surface area contributed by atoms with Crippen LogP contribution in [0.5, 0.6) is 0 Å². The zero-order valence-electron chi connectivity index (χ0n) is 13.1. The second-order valence-corrected chi connectivity index (χ2v) is 7.00. The van der Waals surface area contributed by atoms with E-state index in [1.165, 1.54) is 12.3 Å². The van der Waals surface area contributed by atoms with E-state index in [1.54, 1.807) is 36.5 Å². The van der Waals surface area contributed by atoms with Gasteiger partial charge in [0.15, 0.2) is 0 Å². The van der Waals surface area contributed by atoms with E-state index in [4.69, 9.17) is 23.2 Å². The summed E-state index contributed by atoms with van der Waals surface area (Å²) >= 11 is 12.9. The lowest BCUT2D eigenvalue weighted by Crippen LogP contribution is -2.36. The van der Waals surface area contributed by atoms with Crippen LogP contribution in [0.2, 0.25) is 10.0 Å². The topological polar surface area (TPSA) is 79.4 Å². The SMILES string of the molecule is O=C(CN1C(=O)S/C(=C/c2c(Cl)cccc2Cl)C1=O)Nc1cccnc1. The van der Waals surface area contributed by atoms with Crippen molar-refractivity contribution in [3.05, 3.63) is 63.2 Å². The minimum absolute atomic E-state index is 0.152. The van der Waals surface area contributed by atoms with E-state index in [0.717, 1.165) is 16.7 Å². The van der Waals surface area contributed by atoms with E-state index in [0.29, 0.717) is 21.3 Å². The number of thioether (sulfide) groups is 1. The van der Waals surface area contributed by atoms with Gasteiger partial charge < -0.3 is 5.32 Å². The molecule has 1 aliphatic rings. The average Bonchev–Trinajstić information content (AvgIpc) is 2.86. The van der Waals surface area contributed by atoms with Gasteiger partial charge in [-0.1, -0.05) is 29.3 Å². The van der Waals surface area contributed by atoms with Crippen LogP contribution in [0.15, 0.2) is 47.6 Å². The number of nitrogens with zero attached hydrogens (tertiary/aromatic N) is 2. The number of amides is 3. The van der Waals surface area contributed by atoms with Crippen LogP contribution in [0.1, 0.15) is 5.56 Å². The summed E-state index contributed by atoms with van der Waals surface area (Å²) in [6.45, 7) is -0.396. The molecule has 3 rings (SSSR count). The molecule has 1 saturated heterocycles. The molecular formula is C17H11Cl2N3O3S. The Morgan fingerprint density at radius 2 is 1.92 bits per heavy atom. The molecule has 26 heavy (non-hydrogen) atoms. The predicted octanol–water partition coefficient (Wildman–Crippen LogP) is 4.06. The van der Waals surface area contributed by atoms with Gasteiger partial charge in [0.05, 0.1) is 16.8 Å². The molecule has 1 aromatic heterocycles. The van der Waals surface area contributed by atoms with Gasteiger partial charge in [0.25, 0.3) is 11.1 Å². The van der Waals surface area contributed by atoms with Gasteiger partial charge in [-0.05, 0) is 42.1 Å². The number of anilines is 1. The fourth-order valence-corrected chi connectivity index (χ4v) is 3.52. The van der Waals surface area contributed by atoms with E-state index in [2.05, 4.69) is 10.3 Å². The summed E-state index contributed by atoms with van der Waals surface area (Å²) in [6, 6.07) is 8.25. The Bertz CT molecular complexity index is 898. The number of rotatable bonds is 4. The van der Waals surface area contributed by atoms with Crippen LogP contribution < -0.4 is 5.32 Å². The van der Waals surface area contributed by atoms with Crippen LogP contribution in [0.4, 0.5) is 10.5 Å².